The molecule has 0 radical (unpaired) electrons. The van der Waals surface area contributed by atoms with Crippen LogP contribution in [0.5, 0.6) is 5.75 Å². The van der Waals surface area contributed by atoms with Crippen molar-refractivity contribution in [1.82, 2.24) is 10.6 Å². The van der Waals surface area contributed by atoms with Crippen molar-refractivity contribution in [3.8, 4) is 5.75 Å². The first-order chi connectivity index (χ1) is 11.0. The van der Waals surface area contributed by atoms with Crippen LogP contribution in [0.4, 0.5) is 18.0 Å². The molecule has 2 heterocycles. The topological polar surface area (TPSA) is 59.6 Å². The number of urea groups is 1. The lowest BCUT2D eigenvalue weighted by Gasteiger charge is -2.20. The molecule has 3 rings (SSSR count). The second kappa shape index (κ2) is 6.66. The molecular formula is C15H17F3N2O3. The Morgan fingerprint density at radius 1 is 1.39 bits per heavy atom. The molecule has 2 N–H and O–H groups in total. The molecule has 2 fully saturated rings. The average Bonchev–Trinajstić information content (AvgIpc) is 3.10. The Labute approximate surface area is 131 Å². The zero-order valence-corrected chi connectivity index (χ0v) is 12.2. The second-order valence-corrected chi connectivity index (χ2v) is 5.69. The molecule has 126 valence electrons. The molecular weight excluding hydrogens is 313 g/mol. The van der Waals surface area contributed by atoms with E-state index in [4.69, 9.17) is 4.74 Å². The standard InChI is InChI=1S/C15H17F3N2O3/c16-10-5-8(1-3-12(10)23-14(17)18)7-19-15(21)20-11-6-9-2-4-13(11)22-9/h1,3,5,9,11,13-14H,2,4,6-7H2,(H2,19,20,21)/t9-,11+,13+/m0/s1. The Bertz CT molecular complexity index is 585. The van der Waals surface area contributed by atoms with E-state index in [0.29, 0.717) is 5.56 Å². The molecule has 0 aromatic heterocycles. The van der Waals surface area contributed by atoms with Gasteiger partial charge in [-0.2, -0.15) is 8.78 Å². The fourth-order valence-electron chi connectivity index (χ4n) is 3.04. The highest BCUT2D eigenvalue weighted by molar-refractivity contribution is 5.74. The monoisotopic (exact) mass is 330 g/mol. The van der Waals surface area contributed by atoms with Crippen LogP contribution in [-0.2, 0) is 11.3 Å². The van der Waals surface area contributed by atoms with Gasteiger partial charge in [0.25, 0.3) is 0 Å². The van der Waals surface area contributed by atoms with Gasteiger partial charge in [0, 0.05) is 6.54 Å². The molecule has 1 aromatic carbocycles. The van der Waals surface area contributed by atoms with Gasteiger partial charge in [0.2, 0.25) is 0 Å². The average molecular weight is 330 g/mol. The van der Waals surface area contributed by atoms with Crippen molar-refractivity contribution in [2.24, 2.45) is 0 Å². The third-order valence-electron chi connectivity index (χ3n) is 4.09. The summed E-state index contributed by atoms with van der Waals surface area (Å²) >= 11 is 0. The van der Waals surface area contributed by atoms with E-state index >= 15 is 0 Å². The Kier molecular flexibility index (Phi) is 4.61. The number of alkyl halides is 2. The fourth-order valence-corrected chi connectivity index (χ4v) is 3.04. The van der Waals surface area contributed by atoms with Crippen LogP contribution in [0, 0.1) is 5.82 Å². The van der Waals surface area contributed by atoms with Gasteiger partial charge in [0.1, 0.15) is 0 Å². The lowest BCUT2D eigenvalue weighted by Crippen LogP contribution is -2.46. The highest BCUT2D eigenvalue weighted by Gasteiger charge is 2.41. The summed E-state index contributed by atoms with van der Waals surface area (Å²) in [4.78, 5) is 11.9. The highest BCUT2D eigenvalue weighted by Crippen LogP contribution is 2.34. The zero-order valence-electron chi connectivity index (χ0n) is 12.2. The molecule has 2 amide bonds. The molecule has 23 heavy (non-hydrogen) atoms. The van der Waals surface area contributed by atoms with E-state index in [9.17, 15) is 18.0 Å². The van der Waals surface area contributed by atoms with Crippen LogP contribution in [0.1, 0.15) is 24.8 Å². The van der Waals surface area contributed by atoms with Crippen molar-refractivity contribution in [1.29, 1.82) is 0 Å². The molecule has 2 saturated heterocycles. The second-order valence-electron chi connectivity index (χ2n) is 5.69. The van der Waals surface area contributed by atoms with E-state index < -0.39 is 18.2 Å². The van der Waals surface area contributed by atoms with E-state index in [2.05, 4.69) is 15.4 Å². The van der Waals surface area contributed by atoms with Crippen LogP contribution in [-0.4, -0.2) is 30.9 Å². The largest absolute Gasteiger partial charge is 0.432 e. The van der Waals surface area contributed by atoms with Crippen LogP contribution in [0.2, 0.25) is 0 Å². The van der Waals surface area contributed by atoms with Gasteiger partial charge >= 0.3 is 12.6 Å². The van der Waals surface area contributed by atoms with E-state index in [-0.39, 0.29) is 30.8 Å². The first-order valence-electron chi connectivity index (χ1n) is 7.44. The van der Waals surface area contributed by atoms with Gasteiger partial charge in [0.15, 0.2) is 11.6 Å². The van der Waals surface area contributed by atoms with E-state index in [1.165, 1.54) is 6.07 Å². The van der Waals surface area contributed by atoms with Gasteiger partial charge in [-0.15, -0.1) is 0 Å². The number of fused-ring (bicyclic) bond motifs is 2. The summed E-state index contributed by atoms with van der Waals surface area (Å²) < 4.78 is 47.3. The summed E-state index contributed by atoms with van der Waals surface area (Å²) in [5.41, 5.74) is 0.448. The summed E-state index contributed by atoms with van der Waals surface area (Å²) in [5.74, 6) is -1.42. The fraction of sp³-hybridized carbons (Fsp3) is 0.533. The Balaban J connectivity index is 1.48. The number of carbonyl (C=O) groups excluding carboxylic acids is 1. The summed E-state index contributed by atoms with van der Waals surface area (Å²) in [6.45, 7) is -3.00. The van der Waals surface area contributed by atoms with Crippen LogP contribution < -0.4 is 15.4 Å². The molecule has 0 aliphatic carbocycles. The molecule has 2 aliphatic heterocycles. The molecule has 2 aliphatic rings. The van der Waals surface area contributed by atoms with Crippen LogP contribution in [0.25, 0.3) is 0 Å². The maximum absolute atomic E-state index is 13.6. The Morgan fingerprint density at radius 3 is 2.83 bits per heavy atom. The van der Waals surface area contributed by atoms with Crippen molar-refractivity contribution in [3.05, 3.63) is 29.6 Å². The SMILES string of the molecule is O=C(NCc1ccc(OC(F)F)c(F)c1)N[C@@H]1C[C@@H]2CC[C@H]1O2. The van der Waals surface area contributed by atoms with E-state index in [0.717, 1.165) is 31.4 Å². The molecule has 5 nitrogen and oxygen atoms in total. The maximum Gasteiger partial charge on any atom is 0.387 e. The number of halogens is 3. The Hall–Kier alpha value is -1.96. The minimum atomic E-state index is -3.08. The third-order valence-corrected chi connectivity index (χ3v) is 4.09. The molecule has 2 bridgehead atoms. The van der Waals surface area contributed by atoms with Gasteiger partial charge in [-0.05, 0) is 37.0 Å². The van der Waals surface area contributed by atoms with Gasteiger partial charge in [-0.25, -0.2) is 9.18 Å². The number of nitrogens with one attached hydrogen (secondary N) is 2. The van der Waals surface area contributed by atoms with Gasteiger partial charge < -0.3 is 20.1 Å². The third kappa shape index (κ3) is 3.87. The lowest BCUT2D eigenvalue weighted by atomic mass is 9.96. The van der Waals surface area contributed by atoms with E-state index in [1.807, 2.05) is 0 Å². The zero-order chi connectivity index (χ0) is 16.4. The summed E-state index contributed by atoms with van der Waals surface area (Å²) in [6.07, 6.45) is 3.12. The Morgan fingerprint density at radius 2 is 2.22 bits per heavy atom. The molecule has 1 aromatic rings. The predicted octanol–water partition coefficient (Wildman–Crippen LogP) is 2.55. The van der Waals surface area contributed by atoms with Gasteiger partial charge in [0.05, 0.1) is 18.2 Å². The molecule has 0 spiro atoms. The number of carbonyl (C=O) groups is 1. The first kappa shape index (κ1) is 15.9. The van der Waals surface area contributed by atoms with Crippen molar-refractivity contribution >= 4 is 6.03 Å². The summed E-state index contributed by atoms with van der Waals surface area (Å²) in [5, 5.41) is 5.45. The molecule has 8 heteroatoms. The highest BCUT2D eigenvalue weighted by atomic mass is 19.3. The number of amides is 2. The smallest absolute Gasteiger partial charge is 0.387 e. The summed E-state index contributed by atoms with van der Waals surface area (Å²) in [6, 6.07) is 3.23. The summed E-state index contributed by atoms with van der Waals surface area (Å²) in [7, 11) is 0. The van der Waals surface area contributed by atoms with Gasteiger partial charge in [-0.1, -0.05) is 6.07 Å². The van der Waals surface area contributed by atoms with Crippen molar-refractivity contribution < 1.29 is 27.4 Å². The number of rotatable bonds is 5. The minimum Gasteiger partial charge on any atom is -0.432 e. The van der Waals surface area contributed by atoms with Crippen molar-refractivity contribution in [2.45, 2.75) is 50.7 Å². The van der Waals surface area contributed by atoms with Crippen LogP contribution >= 0.6 is 0 Å². The lowest BCUT2D eigenvalue weighted by molar-refractivity contribution is -0.0522. The molecule has 3 atom stereocenters. The number of hydrogen-bond acceptors (Lipinski definition) is 3. The minimum absolute atomic E-state index is 0.00676. The maximum atomic E-state index is 13.6. The quantitative estimate of drug-likeness (QED) is 0.872. The molecule has 0 saturated carbocycles. The number of ether oxygens (including phenoxy) is 2. The van der Waals surface area contributed by atoms with Crippen molar-refractivity contribution in [2.75, 3.05) is 0 Å². The predicted molar refractivity (Wildman–Crippen MR) is 74.7 cm³/mol. The number of benzene rings is 1. The van der Waals surface area contributed by atoms with Crippen LogP contribution in [0.3, 0.4) is 0 Å². The molecule has 0 unspecified atom stereocenters. The van der Waals surface area contributed by atoms with Crippen LogP contribution in [0.15, 0.2) is 18.2 Å². The first-order valence-corrected chi connectivity index (χ1v) is 7.44. The normalized spacial score (nSPS) is 25.7. The van der Waals surface area contributed by atoms with E-state index in [1.54, 1.807) is 0 Å². The van der Waals surface area contributed by atoms with Crippen molar-refractivity contribution in [3.63, 3.8) is 0 Å². The van der Waals surface area contributed by atoms with Gasteiger partial charge in [-0.3, -0.25) is 0 Å². The number of hydrogen-bond donors (Lipinski definition) is 2.